The number of nitrogens with one attached hydrogen (secondary N) is 1. The molecule has 2 rings (SSSR count). The van der Waals surface area contributed by atoms with Crippen molar-refractivity contribution in [1.82, 2.24) is 5.32 Å². The van der Waals surface area contributed by atoms with Gasteiger partial charge in [-0.3, -0.25) is 4.79 Å². The lowest BCUT2D eigenvalue weighted by molar-refractivity contribution is -0.122. The standard InChI is InChI=1S/C14H20BrNOS/c1-2-10(15)6-8-16-14(17)12-4-3-5-13-11(12)7-9-18-13/h7,9-10,12H,2-6,8H2,1H3,(H,16,17). The van der Waals surface area contributed by atoms with E-state index in [2.05, 4.69) is 39.6 Å². The van der Waals surface area contributed by atoms with Crippen LogP contribution in [0, 0.1) is 0 Å². The van der Waals surface area contributed by atoms with Crippen molar-refractivity contribution in [3.8, 4) is 0 Å². The van der Waals surface area contributed by atoms with Crippen molar-refractivity contribution in [2.45, 2.75) is 49.8 Å². The largest absolute Gasteiger partial charge is 0.356 e. The average molecular weight is 330 g/mol. The number of hydrogen-bond acceptors (Lipinski definition) is 2. The Labute approximate surface area is 121 Å². The molecule has 100 valence electrons. The molecule has 2 atom stereocenters. The molecule has 0 fully saturated rings. The lowest BCUT2D eigenvalue weighted by Gasteiger charge is -2.22. The van der Waals surface area contributed by atoms with Gasteiger partial charge in [0.15, 0.2) is 0 Å². The predicted molar refractivity (Wildman–Crippen MR) is 80.6 cm³/mol. The molecular formula is C14H20BrNOS. The van der Waals surface area contributed by atoms with Crippen molar-refractivity contribution < 1.29 is 4.79 Å². The molecule has 2 nitrogen and oxygen atoms in total. The lowest BCUT2D eigenvalue weighted by atomic mass is 9.87. The molecular weight excluding hydrogens is 310 g/mol. The van der Waals surface area contributed by atoms with E-state index in [4.69, 9.17) is 0 Å². The maximum absolute atomic E-state index is 12.2. The molecule has 0 aliphatic heterocycles. The van der Waals surface area contributed by atoms with Crippen molar-refractivity contribution in [3.63, 3.8) is 0 Å². The maximum atomic E-state index is 12.2. The monoisotopic (exact) mass is 329 g/mol. The number of alkyl halides is 1. The summed E-state index contributed by atoms with van der Waals surface area (Å²) in [6.45, 7) is 2.93. The fourth-order valence-corrected chi connectivity index (χ4v) is 3.65. The topological polar surface area (TPSA) is 29.1 Å². The van der Waals surface area contributed by atoms with E-state index in [-0.39, 0.29) is 11.8 Å². The summed E-state index contributed by atoms with van der Waals surface area (Å²) in [6, 6.07) is 2.13. The van der Waals surface area contributed by atoms with Gasteiger partial charge in [-0.1, -0.05) is 22.9 Å². The van der Waals surface area contributed by atoms with E-state index in [9.17, 15) is 4.79 Å². The van der Waals surface area contributed by atoms with Crippen LogP contribution < -0.4 is 5.32 Å². The Morgan fingerprint density at radius 3 is 3.28 bits per heavy atom. The molecule has 0 spiro atoms. The van der Waals surface area contributed by atoms with Crippen LogP contribution in [0.25, 0.3) is 0 Å². The van der Waals surface area contributed by atoms with Crippen LogP contribution in [0.2, 0.25) is 0 Å². The van der Waals surface area contributed by atoms with E-state index in [0.29, 0.717) is 4.83 Å². The van der Waals surface area contributed by atoms with Crippen LogP contribution in [0.4, 0.5) is 0 Å². The minimum Gasteiger partial charge on any atom is -0.356 e. The Bertz CT molecular complexity index is 404. The Morgan fingerprint density at radius 1 is 1.67 bits per heavy atom. The number of rotatable bonds is 5. The lowest BCUT2D eigenvalue weighted by Crippen LogP contribution is -2.32. The van der Waals surface area contributed by atoms with Gasteiger partial charge < -0.3 is 5.32 Å². The number of carbonyl (C=O) groups is 1. The molecule has 0 radical (unpaired) electrons. The summed E-state index contributed by atoms with van der Waals surface area (Å²) in [5, 5.41) is 5.20. The maximum Gasteiger partial charge on any atom is 0.227 e. The highest BCUT2D eigenvalue weighted by atomic mass is 79.9. The van der Waals surface area contributed by atoms with Gasteiger partial charge in [0.25, 0.3) is 0 Å². The highest BCUT2D eigenvalue weighted by molar-refractivity contribution is 9.09. The van der Waals surface area contributed by atoms with Crippen LogP contribution in [-0.2, 0) is 11.2 Å². The number of amides is 1. The number of carbonyl (C=O) groups excluding carboxylic acids is 1. The second kappa shape index (κ2) is 6.71. The summed E-state index contributed by atoms with van der Waals surface area (Å²) in [5.41, 5.74) is 1.27. The first-order valence-electron chi connectivity index (χ1n) is 6.70. The van der Waals surface area contributed by atoms with Crippen LogP contribution in [0.15, 0.2) is 11.4 Å². The third-order valence-electron chi connectivity index (χ3n) is 3.57. The van der Waals surface area contributed by atoms with E-state index in [1.807, 2.05) is 0 Å². The molecule has 1 amide bonds. The van der Waals surface area contributed by atoms with Crippen molar-refractivity contribution >= 4 is 33.2 Å². The average Bonchev–Trinajstić information content (AvgIpc) is 2.86. The highest BCUT2D eigenvalue weighted by Gasteiger charge is 2.26. The number of aryl methyl sites for hydroxylation is 1. The normalized spacial score (nSPS) is 20.2. The zero-order valence-corrected chi connectivity index (χ0v) is 13.1. The van der Waals surface area contributed by atoms with Gasteiger partial charge >= 0.3 is 0 Å². The summed E-state index contributed by atoms with van der Waals surface area (Å²) < 4.78 is 0. The Balaban J connectivity index is 1.87. The fraction of sp³-hybridized carbons (Fsp3) is 0.643. The van der Waals surface area contributed by atoms with Gasteiger partial charge in [0, 0.05) is 16.2 Å². The van der Waals surface area contributed by atoms with E-state index in [1.165, 1.54) is 10.4 Å². The quantitative estimate of drug-likeness (QED) is 0.817. The molecule has 0 saturated heterocycles. The van der Waals surface area contributed by atoms with Gasteiger partial charge in [-0.25, -0.2) is 0 Å². The van der Waals surface area contributed by atoms with Gasteiger partial charge in [0.1, 0.15) is 0 Å². The Kier molecular flexibility index (Phi) is 5.25. The Morgan fingerprint density at radius 2 is 2.50 bits per heavy atom. The molecule has 1 aromatic rings. The van der Waals surface area contributed by atoms with Crippen LogP contribution in [0.3, 0.4) is 0 Å². The van der Waals surface area contributed by atoms with E-state index in [0.717, 1.165) is 38.6 Å². The third-order valence-corrected chi connectivity index (χ3v) is 5.67. The summed E-state index contributed by atoms with van der Waals surface area (Å²) in [6.07, 6.45) is 5.40. The van der Waals surface area contributed by atoms with Gasteiger partial charge in [0.05, 0.1) is 5.92 Å². The molecule has 1 aliphatic carbocycles. The summed E-state index contributed by atoms with van der Waals surface area (Å²) >= 11 is 5.38. The van der Waals surface area contributed by atoms with Crippen LogP contribution >= 0.6 is 27.3 Å². The van der Waals surface area contributed by atoms with Gasteiger partial charge in [-0.15, -0.1) is 11.3 Å². The zero-order chi connectivity index (χ0) is 13.0. The van der Waals surface area contributed by atoms with Gasteiger partial charge in [0.2, 0.25) is 5.91 Å². The molecule has 18 heavy (non-hydrogen) atoms. The second-order valence-corrected chi connectivity index (χ2v) is 7.12. The summed E-state index contributed by atoms with van der Waals surface area (Å²) in [7, 11) is 0. The summed E-state index contributed by atoms with van der Waals surface area (Å²) in [5.74, 6) is 0.306. The molecule has 1 aromatic heterocycles. The SMILES string of the molecule is CCC(Br)CCNC(=O)C1CCCc2sccc21. The van der Waals surface area contributed by atoms with E-state index < -0.39 is 0 Å². The predicted octanol–water partition coefficient (Wildman–Crippen LogP) is 3.85. The second-order valence-electron chi connectivity index (χ2n) is 4.83. The molecule has 1 heterocycles. The highest BCUT2D eigenvalue weighted by Crippen LogP contribution is 2.34. The molecule has 0 bridgehead atoms. The van der Waals surface area contributed by atoms with Crippen LogP contribution in [-0.4, -0.2) is 17.3 Å². The van der Waals surface area contributed by atoms with Crippen molar-refractivity contribution in [2.24, 2.45) is 0 Å². The van der Waals surface area contributed by atoms with E-state index >= 15 is 0 Å². The van der Waals surface area contributed by atoms with Gasteiger partial charge in [-0.2, -0.15) is 0 Å². The first-order valence-corrected chi connectivity index (χ1v) is 8.50. The molecule has 0 saturated carbocycles. The molecule has 1 aliphatic rings. The van der Waals surface area contributed by atoms with Crippen molar-refractivity contribution in [1.29, 1.82) is 0 Å². The van der Waals surface area contributed by atoms with E-state index in [1.54, 1.807) is 11.3 Å². The van der Waals surface area contributed by atoms with Crippen LogP contribution in [0.5, 0.6) is 0 Å². The third kappa shape index (κ3) is 3.35. The van der Waals surface area contributed by atoms with Crippen molar-refractivity contribution in [3.05, 3.63) is 21.9 Å². The molecule has 0 aromatic carbocycles. The number of hydrogen-bond donors (Lipinski definition) is 1. The molecule has 2 unspecified atom stereocenters. The van der Waals surface area contributed by atoms with Gasteiger partial charge in [-0.05, 0) is 49.1 Å². The molecule has 1 N–H and O–H groups in total. The summed E-state index contributed by atoms with van der Waals surface area (Å²) in [4.78, 5) is 14.1. The first-order chi connectivity index (χ1) is 8.72. The zero-order valence-electron chi connectivity index (χ0n) is 10.7. The minimum absolute atomic E-state index is 0.0930. The molecule has 4 heteroatoms. The first kappa shape index (κ1) is 14.1. The number of halogens is 1. The number of thiophene rings is 1. The fourth-order valence-electron chi connectivity index (χ4n) is 2.44. The smallest absolute Gasteiger partial charge is 0.227 e. The minimum atomic E-state index is 0.0930. The van der Waals surface area contributed by atoms with Crippen molar-refractivity contribution in [2.75, 3.05) is 6.54 Å². The van der Waals surface area contributed by atoms with Crippen LogP contribution in [0.1, 0.15) is 49.0 Å². The Hall–Kier alpha value is -0.350. The number of fused-ring (bicyclic) bond motifs is 1.